The third-order valence-electron chi connectivity index (χ3n) is 4.10. The van der Waals surface area contributed by atoms with Gasteiger partial charge in [-0.3, -0.25) is 14.4 Å². The molecule has 3 rings (SSSR count). The fraction of sp³-hybridized carbons (Fsp3) is 0.250. The molecule has 7 heteroatoms. The number of ether oxygens (including phenoxy) is 1. The van der Waals surface area contributed by atoms with Gasteiger partial charge in [0.1, 0.15) is 0 Å². The first-order chi connectivity index (χ1) is 13.0. The van der Waals surface area contributed by atoms with Crippen molar-refractivity contribution in [3.63, 3.8) is 0 Å². The first-order valence-corrected chi connectivity index (χ1v) is 9.47. The van der Waals surface area contributed by atoms with E-state index in [0.717, 1.165) is 16.1 Å². The summed E-state index contributed by atoms with van der Waals surface area (Å²) in [5, 5.41) is 4.98. The van der Waals surface area contributed by atoms with E-state index in [1.807, 2.05) is 61.5 Å². The van der Waals surface area contributed by atoms with Crippen molar-refractivity contribution in [1.82, 2.24) is 5.32 Å². The average Bonchev–Trinajstić information content (AvgIpc) is 2.67. The minimum atomic E-state index is -0.579. The van der Waals surface area contributed by atoms with E-state index in [2.05, 4.69) is 10.6 Å². The van der Waals surface area contributed by atoms with Crippen molar-refractivity contribution in [2.24, 2.45) is 0 Å². The lowest BCUT2D eigenvalue weighted by atomic mass is 10.1. The van der Waals surface area contributed by atoms with Crippen molar-refractivity contribution in [3.8, 4) is 0 Å². The number of thioether (sulfide) groups is 1. The van der Waals surface area contributed by atoms with Gasteiger partial charge in [0.15, 0.2) is 6.61 Å². The highest BCUT2D eigenvalue weighted by Gasteiger charge is 2.29. The van der Waals surface area contributed by atoms with Gasteiger partial charge in [-0.25, -0.2) is 0 Å². The number of benzene rings is 2. The molecule has 2 amide bonds. The molecule has 0 aromatic heterocycles. The number of anilines is 1. The molecule has 2 aromatic rings. The predicted molar refractivity (Wildman–Crippen MR) is 103 cm³/mol. The maximum Gasteiger partial charge on any atom is 0.307 e. The molecule has 0 radical (unpaired) electrons. The molecule has 0 bridgehead atoms. The van der Waals surface area contributed by atoms with Gasteiger partial charge < -0.3 is 15.4 Å². The van der Waals surface area contributed by atoms with E-state index in [4.69, 9.17) is 4.74 Å². The zero-order valence-corrected chi connectivity index (χ0v) is 15.6. The van der Waals surface area contributed by atoms with Crippen LogP contribution in [0.1, 0.15) is 24.9 Å². The Bertz CT molecular complexity index is 841. The van der Waals surface area contributed by atoms with Gasteiger partial charge in [0.25, 0.3) is 5.91 Å². The summed E-state index contributed by atoms with van der Waals surface area (Å²) in [6.07, 6.45) is -0.0909. The van der Waals surface area contributed by atoms with Crippen molar-refractivity contribution in [2.45, 2.75) is 29.5 Å². The Labute approximate surface area is 161 Å². The van der Waals surface area contributed by atoms with Crippen LogP contribution in [0.3, 0.4) is 0 Å². The van der Waals surface area contributed by atoms with E-state index in [-0.39, 0.29) is 30.9 Å². The van der Waals surface area contributed by atoms with Gasteiger partial charge in [-0.05, 0) is 24.6 Å². The van der Waals surface area contributed by atoms with Crippen LogP contribution in [-0.2, 0) is 19.1 Å². The summed E-state index contributed by atoms with van der Waals surface area (Å²) in [6, 6.07) is 16.7. The summed E-state index contributed by atoms with van der Waals surface area (Å²) in [6.45, 7) is 1.49. The smallest absolute Gasteiger partial charge is 0.307 e. The number of carbonyl (C=O) groups excluding carboxylic acids is 3. The number of hydrogen-bond acceptors (Lipinski definition) is 5. The molecule has 0 spiro atoms. The van der Waals surface area contributed by atoms with Crippen LogP contribution in [0.5, 0.6) is 0 Å². The maximum atomic E-state index is 12.1. The first kappa shape index (κ1) is 19.0. The van der Waals surface area contributed by atoms with Crippen molar-refractivity contribution in [2.75, 3.05) is 11.9 Å². The lowest BCUT2D eigenvalue weighted by molar-refractivity contribution is -0.149. The molecule has 0 fully saturated rings. The number of para-hydroxylation sites is 1. The normalized spacial score (nSPS) is 16.6. The van der Waals surface area contributed by atoms with Crippen LogP contribution in [0, 0.1) is 0 Å². The fourth-order valence-electron chi connectivity index (χ4n) is 2.69. The molecular formula is C20H20N2O4S. The second-order valence-corrected chi connectivity index (χ2v) is 7.40. The Morgan fingerprint density at radius 1 is 1.15 bits per heavy atom. The molecule has 0 saturated carbocycles. The number of amides is 2. The first-order valence-electron chi connectivity index (χ1n) is 8.59. The molecule has 2 atom stereocenters. The van der Waals surface area contributed by atoms with Gasteiger partial charge in [-0.2, -0.15) is 0 Å². The molecule has 2 aromatic carbocycles. The second kappa shape index (κ2) is 8.73. The molecule has 27 heavy (non-hydrogen) atoms. The summed E-state index contributed by atoms with van der Waals surface area (Å²) < 4.78 is 5.04. The SMILES string of the molecule is C[C@@H](NC(=O)COC(=O)C[C@H]1Sc2ccccc2NC1=O)c1ccccc1. The fourth-order valence-corrected chi connectivity index (χ4v) is 3.79. The molecule has 6 nitrogen and oxygen atoms in total. The van der Waals surface area contributed by atoms with Gasteiger partial charge in [0, 0.05) is 4.90 Å². The standard InChI is InChI=1S/C20H20N2O4S/c1-13(14-7-3-2-4-8-14)21-18(23)12-26-19(24)11-17-20(25)22-15-9-5-6-10-16(15)27-17/h2-10,13,17H,11-12H2,1H3,(H,21,23)(H,22,25)/t13-,17-/m1/s1. The molecule has 1 heterocycles. The summed E-state index contributed by atoms with van der Waals surface area (Å²) in [5.74, 6) is -1.20. The number of rotatable bonds is 6. The van der Waals surface area contributed by atoms with Crippen LogP contribution in [0.15, 0.2) is 59.5 Å². The number of hydrogen-bond donors (Lipinski definition) is 2. The van der Waals surface area contributed by atoms with E-state index in [0.29, 0.717) is 0 Å². The maximum absolute atomic E-state index is 12.1. The van der Waals surface area contributed by atoms with Crippen LogP contribution in [0.4, 0.5) is 5.69 Å². The highest BCUT2D eigenvalue weighted by atomic mass is 32.2. The molecule has 0 unspecified atom stereocenters. The summed E-state index contributed by atoms with van der Waals surface area (Å²) in [4.78, 5) is 37.0. The zero-order chi connectivity index (χ0) is 19.2. The Morgan fingerprint density at radius 3 is 2.63 bits per heavy atom. The molecule has 140 valence electrons. The van der Waals surface area contributed by atoms with E-state index in [9.17, 15) is 14.4 Å². The number of esters is 1. The van der Waals surface area contributed by atoms with Gasteiger partial charge in [-0.1, -0.05) is 42.5 Å². The Kier molecular flexibility index (Phi) is 6.13. The molecular weight excluding hydrogens is 364 g/mol. The molecule has 2 N–H and O–H groups in total. The van der Waals surface area contributed by atoms with E-state index in [1.165, 1.54) is 11.8 Å². The van der Waals surface area contributed by atoms with E-state index in [1.54, 1.807) is 0 Å². The van der Waals surface area contributed by atoms with Crippen LogP contribution in [0.2, 0.25) is 0 Å². The van der Waals surface area contributed by atoms with Crippen LogP contribution >= 0.6 is 11.8 Å². The Balaban J connectivity index is 1.46. The average molecular weight is 384 g/mol. The van der Waals surface area contributed by atoms with Crippen molar-refractivity contribution in [3.05, 3.63) is 60.2 Å². The second-order valence-electron chi connectivity index (χ2n) is 6.16. The lowest BCUT2D eigenvalue weighted by Gasteiger charge is -2.23. The largest absolute Gasteiger partial charge is 0.456 e. The minimum absolute atomic E-state index is 0.0909. The van der Waals surface area contributed by atoms with E-state index < -0.39 is 11.2 Å². The van der Waals surface area contributed by atoms with Crippen molar-refractivity contribution < 1.29 is 19.1 Å². The van der Waals surface area contributed by atoms with Gasteiger partial charge >= 0.3 is 5.97 Å². The monoisotopic (exact) mass is 384 g/mol. The van der Waals surface area contributed by atoms with Gasteiger partial charge in [-0.15, -0.1) is 11.8 Å². The van der Waals surface area contributed by atoms with Crippen LogP contribution < -0.4 is 10.6 Å². The van der Waals surface area contributed by atoms with E-state index >= 15 is 0 Å². The number of carbonyl (C=O) groups is 3. The topological polar surface area (TPSA) is 84.5 Å². The summed E-state index contributed by atoms with van der Waals surface area (Å²) in [5.41, 5.74) is 1.71. The third kappa shape index (κ3) is 5.10. The number of nitrogens with one attached hydrogen (secondary N) is 2. The Hall–Kier alpha value is -2.80. The third-order valence-corrected chi connectivity index (χ3v) is 5.38. The molecule has 0 saturated heterocycles. The minimum Gasteiger partial charge on any atom is -0.456 e. The summed E-state index contributed by atoms with van der Waals surface area (Å²) in [7, 11) is 0. The lowest BCUT2D eigenvalue weighted by Crippen LogP contribution is -2.34. The van der Waals surface area contributed by atoms with Gasteiger partial charge in [0.2, 0.25) is 5.91 Å². The molecule has 1 aliphatic rings. The van der Waals surface area contributed by atoms with Crippen LogP contribution in [-0.4, -0.2) is 29.6 Å². The Morgan fingerprint density at radius 2 is 1.85 bits per heavy atom. The van der Waals surface area contributed by atoms with Crippen molar-refractivity contribution >= 4 is 35.2 Å². The zero-order valence-electron chi connectivity index (χ0n) is 14.8. The van der Waals surface area contributed by atoms with Crippen molar-refractivity contribution in [1.29, 1.82) is 0 Å². The quantitative estimate of drug-likeness (QED) is 0.748. The summed E-state index contributed by atoms with van der Waals surface area (Å²) >= 11 is 1.32. The molecule has 1 aliphatic heterocycles. The predicted octanol–water partition coefficient (Wildman–Crippen LogP) is 2.91. The highest BCUT2D eigenvalue weighted by molar-refractivity contribution is 8.01. The number of fused-ring (bicyclic) bond motifs is 1. The van der Waals surface area contributed by atoms with Gasteiger partial charge in [0.05, 0.1) is 23.4 Å². The van der Waals surface area contributed by atoms with Crippen LogP contribution in [0.25, 0.3) is 0 Å². The molecule has 0 aliphatic carbocycles. The highest BCUT2D eigenvalue weighted by Crippen LogP contribution is 2.36.